The molecule has 1 rings (SSSR count). The normalized spacial score (nSPS) is 9.59. The van der Waals surface area contributed by atoms with Gasteiger partial charge in [0, 0.05) is 17.8 Å². The van der Waals surface area contributed by atoms with Crippen molar-refractivity contribution in [3.63, 3.8) is 0 Å². The average molecular weight is 257 g/mol. The number of ether oxygens (including phenoxy) is 1. The van der Waals surface area contributed by atoms with Crippen LogP contribution >= 0.6 is 11.6 Å². The Hall–Kier alpha value is -1.75. The van der Waals surface area contributed by atoms with Crippen LogP contribution in [0.25, 0.3) is 0 Å². The first-order valence-corrected chi connectivity index (χ1v) is 5.25. The molecule has 0 fully saturated rings. The van der Waals surface area contributed by atoms with Gasteiger partial charge >= 0.3 is 6.09 Å². The molecule has 0 radical (unpaired) electrons. The molecule has 5 nitrogen and oxygen atoms in total. The highest BCUT2D eigenvalue weighted by Gasteiger charge is 2.12. The number of anilines is 1. The summed E-state index contributed by atoms with van der Waals surface area (Å²) in [4.78, 5) is 23.8. The Morgan fingerprint density at radius 3 is 2.47 bits per heavy atom. The summed E-state index contributed by atoms with van der Waals surface area (Å²) in [7, 11) is 2.74. The zero-order valence-corrected chi connectivity index (χ0v) is 10.3. The summed E-state index contributed by atoms with van der Waals surface area (Å²) in [5.41, 5.74) is 0.623. The fourth-order valence-corrected chi connectivity index (χ4v) is 1.30. The van der Waals surface area contributed by atoms with Crippen LogP contribution in [0.5, 0.6) is 0 Å². The van der Waals surface area contributed by atoms with Gasteiger partial charge in [-0.2, -0.15) is 0 Å². The third-order valence-electron chi connectivity index (χ3n) is 2.00. The molecule has 17 heavy (non-hydrogen) atoms. The molecule has 0 unspecified atom stereocenters. The van der Waals surface area contributed by atoms with E-state index in [1.807, 2.05) is 0 Å². The Morgan fingerprint density at radius 2 is 1.94 bits per heavy atom. The van der Waals surface area contributed by atoms with Crippen LogP contribution in [0.2, 0.25) is 5.02 Å². The van der Waals surface area contributed by atoms with Crippen LogP contribution in [-0.4, -0.2) is 37.6 Å². The second-order valence-electron chi connectivity index (χ2n) is 3.38. The molecular formula is C11H13ClN2O3. The van der Waals surface area contributed by atoms with Gasteiger partial charge in [0.15, 0.2) is 0 Å². The Morgan fingerprint density at radius 1 is 1.35 bits per heavy atom. The van der Waals surface area contributed by atoms with Crippen molar-refractivity contribution in [1.82, 2.24) is 4.90 Å². The summed E-state index contributed by atoms with van der Waals surface area (Å²) < 4.78 is 4.47. The van der Waals surface area contributed by atoms with E-state index in [1.54, 1.807) is 24.3 Å². The third kappa shape index (κ3) is 4.32. The molecule has 0 spiro atoms. The number of methoxy groups -OCH3 is 1. The van der Waals surface area contributed by atoms with Crippen LogP contribution in [0.1, 0.15) is 0 Å². The van der Waals surface area contributed by atoms with Crippen molar-refractivity contribution in [3.05, 3.63) is 29.3 Å². The Kier molecular flexibility index (Phi) is 4.78. The standard InChI is InChI=1S/C11H13ClN2O3/c1-14(11(16)17-2)7-10(15)13-9-5-3-8(12)4-6-9/h3-6H,7H2,1-2H3,(H,13,15). The maximum absolute atomic E-state index is 11.5. The Balaban J connectivity index is 2.50. The lowest BCUT2D eigenvalue weighted by Crippen LogP contribution is -2.34. The molecule has 2 amide bonds. The molecule has 0 aliphatic heterocycles. The molecule has 1 N–H and O–H groups in total. The number of nitrogens with one attached hydrogen (secondary N) is 1. The van der Waals surface area contributed by atoms with Gasteiger partial charge in [-0.1, -0.05) is 11.6 Å². The molecule has 6 heteroatoms. The van der Waals surface area contributed by atoms with E-state index in [4.69, 9.17) is 11.6 Å². The van der Waals surface area contributed by atoms with E-state index < -0.39 is 6.09 Å². The van der Waals surface area contributed by atoms with Crippen molar-refractivity contribution in [2.45, 2.75) is 0 Å². The minimum Gasteiger partial charge on any atom is -0.453 e. The molecular weight excluding hydrogens is 244 g/mol. The molecule has 1 aromatic rings. The van der Waals surface area contributed by atoms with E-state index in [-0.39, 0.29) is 12.5 Å². The number of nitrogens with zero attached hydrogens (tertiary/aromatic N) is 1. The van der Waals surface area contributed by atoms with Crippen LogP contribution in [0, 0.1) is 0 Å². The van der Waals surface area contributed by atoms with Crippen LogP contribution in [0.15, 0.2) is 24.3 Å². The van der Waals surface area contributed by atoms with Gasteiger partial charge < -0.3 is 15.0 Å². The maximum atomic E-state index is 11.5. The van der Waals surface area contributed by atoms with Gasteiger partial charge in [0.25, 0.3) is 0 Å². The van der Waals surface area contributed by atoms with Crippen molar-refractivity contribution in [3.8, 4) is 0 Å². The Bertz CT molecular complexity index is 406. The maximum Gasteiger partial charge on any atom is 0.409 e. The van der Waals surface area contributed by atoms with E-state index >= 15 is 0 Å². The molecule has 0 aliphatic rings. The fourth-order valence-electron chi connectivity index (χ4n) is 1.17. The minimum atomic E-state index is -0.559. The van der Waals surface area contributed by atoms with Crippen LogP contribution in [0.3, 0.4) is 0 Å². The van der Waals surface area contributed by atoms with Gasteiger partial charge in [-0.05, 0) is 24.3 Å². The monoisotopic (exact) mass is 256 g/mol. The lowest BCUT2D eigenvalue weighted by Gasteiger charge is -2.14. The first-order valence-electron chi connectivity index (χ1n) is 4.87. The molecule has 0 saturated heterocycles. The predicted octanol–water partition coefficient (Wildman–Crippen LogP) is 1.98. The van der Waals surface area contributed by atoms with Gasteiger partial charge in [0.2, 0.25) is 5.91 Å². The van der Waals surface area contributed by atoms with Crippen LogP contribution in [0.4, 0.5) is 10.5 Å². The van der Waals surface area contributed by atoms with Gasteiger partial charge in [-0.3, -0.25) is 4.79 Å². The summed E-state index contributed by atoms with van der Waals surface area (Å²) >= 11 is 5.71. The summed E-state index contributed by atoms with van der Waals surface area (Å²) in [6.07, 6.45) is -0.559. The van der Waals surface area contributed by atoms with Crippen molar-refractivity contribution < 1.29 is 14.3 Å². The number of carbonyl (C=O) groups excluding carboxylic acids is 2. The van der Waals surface area contributed by atoms with Crippen molar-refractivity contribution in [2.75, 3.05) is 26.0 Å². The lowest BCUT2D eigenvalue weighted by molar-refractivity contribution is -0.116. The molecule has 0 bridgehead atoms. The number of benzene rings is 1. The quantitative estimate of drug-likeness (QED) is 0.900. The SMILES string of the molecule is COC(=O)N(C)CC(=O)Nc1ccc(Cl)cc1. The highest BCUT2D eigenvalue weighted by molar-refractivity contribution is 6.30. The second kappa shape index (κ2) is 6.10. The van der Waals surface area contributed by atoms with E-state index in [2.05, 4.69) is 10.1 Å². The molecule has 0 atom stereocenters. The number of carbonyl (C=O) groups is 2. The fraction of sp³-hybridized carbons (Fsp3) is 0.273. The number of amides is 2. The second-order valence-corrected chi connectivity index (χ2v) is 3.82. The first kappa shape index (κ1) is 13.3. The highest BCUT2D eigenvalue weighted by Crippen LogP contribution is 2.13. The molecule has 0 aromatic heterocycles. The van der Waals surface area contributed by atoms with Gasteiger partial charge in [-0.15, -0.1) is 0 Å². The smallest absolute Gasteiger partial charge is 0.409 e. The molecule has 0 saturated carbocycles. The van der Waals surface area contributed by atoms with Gasteiger partial charge in [0.05, 0.1) is 7.11 Å². The number of likely N-dealkylation sites (N-methyl/N-ethyl adjacent to an activating group) is 1. The largest absolute Gasteiger partial charge is 0.453 e. The first-order chi connectivity index (χ1) is 8.02. The summed E-state index contributed by atoms with van der Waals surface area (Å²) in [6, 6.07) is 6.69. The summed E-state index contributed by atoms with van der Waals surface area (Å²) in [6.45, 7) is -0.0741. The average Bonchev–Trinajstić information content (AvgIpc) is 2.30. The zero-order chi connectivity index (χ0) is 12.8. The van der Waals surface area contributed by atoms with Gasteiger partial charge in [-0.25, -0.2) is 4.79 Å². The Labute approximate surface area is 104 Å². The van der Waals surface area contributed by atoms with Crippen molar-refractivity contribution in [2.24, 2.45) is 0 Å². The van der Waals surface area contributed by atoms with E-state index in [9.17, 15) is 9.59 Å². The topological polar surface area (TPSA) is 58.6 Å². The lowest BCUT2D eigenvalue weighted by atomic mass is 10.3. The number of halogens is 1. The van der Waals surface area contributed by atoms with E-state index in [0.717, 1.165) is 0 Å². The molecule has 1 aromatic carbocycles. The number of rotatable bonds is 3. The van der Waals surface area contributed by atoms with Crippen molar-refractivity contribution >= 4 is 29.3 Å². The number of hydrogen-bond acceptors (Lipinski definition) is 3. The summed E-state index contributed by atoms with van der Waals surface area (Å²) in [5.74, 6) is -0.305. The van der Waals surface area contributed by atoms with Crippen LogP contribution < -0.4 is 5.32 Å². The molecule has 0 heterocycles. The number of hydrogen-bond donors (Lipinski definition) is 1. The summed E-state index contributed by atoms with van der Waals surface area (Å²) in [5, 5.41) is 3.22. The molecule has 0 aliphatic carbocycles. The third-order valence-corrected chi connectivity index (χ3v) is 2.25. The minimum absolute atomic E-state index is 0.0741. The molecule has 92 valence electrons. The van der Waals surface area contributed by atoms with Gasteiger partial charge in [0.1, 0.15) is 6.54 Å². The van der Waals surface area contributed by atoms with E-state index in [1.165, 1.54) is 19.1 Å². The van der Waals surface area contributed by atoms with Crippen molar-refractivity contribution in [1.29, 1.82) is 0 Å². The zero-order valence-electron chi connectivity index (χ0n) is 9.57. The van der Waals surface area contributed by atoms with Crippen LogP contribution in [-0.2, 0) is 9.53 Å². The van der Waals surface area contributed by atoms with E-state index in [0.29, 0.717) is 10.7 Å². The highest BCUT2D eigenvalue weighted by atomic mass is 35.5. The predicted molar refractivity (Wildman–Crippen MR) is 65.1 cm³/mol.